The molecule has 1 heterocycles. The largest absolute Gasteiger partial charge is 0.494 e. The number of hydrazine groups is 1. The van der Waals surface area contributed by atoms with Gasteiger partial charge in [0.15, 0.2) is 0 Å². The van der Waals surface area contributed by atoms with Gasteiger partial charge in [0, 0.05) is 6.07 Å². The van der Waals surface area contributed by atoms with E-state index in [1.165, 1.54) is 0 Å². The molecule has 0 radical (unpaired) electrons. The second-order valence-corrected chi connectivity index (χ2v) is 4.52. The molecule has 0 aliphatic heterocycles. The predicted octanol–water partition coefficient (Wildman–Crippen LogP) is 1.83. The lowest BCUT2D eigenvalue weighted by molar-refractivity contribution is 0.317. The second-order valence-electron chi connectivity index (χ2n) is 4.52. The lowest BCUT2D eigenvalue weighted by Crippen LogP contribution is -2.29. The van der Waals surface area contributed by atoms with Crippen molar-refractivity contribution in [3.63, 3.8) is 0 Å². The minimum absolute atomic E-state index is 0.233. The number of ether oxygens (including phenoxy) is 2. The van der Waals surface area contributed by atoms with Crippen LogP contribution in [0.25, 0.3) is 0 Å². The molecule has 0 saturated carbocycles. The highest BCUT2D eigenvalue weighted by atomic mass is 16.5. The molecule has 0 amide bonds. The van der Waals surface area contributed by atoms with Gasteiger partial charge in [0.1, 0.15) is 5.75 Å². The molecule has 112 valence electrons. The molecule has 1 atom stereocenters. The fourth-order valence-corrected chi connectivity index (χ4v) is 1.92. The quantitative estimate of drug-likeness (QED) is 0.597. The van der Waals surface area contributed by atoms with Gasteiger partial charge in [-0.05, 0) is 30.2 Å². The number of benzene rings is 1. The normalized spacial score (nSPS) is 12.0. The summed E-state index contributed by atoms with van der Waals surface area (Å²) in [6, 6.07) is 11.1. The van der Waals surface area contributed by atoms with Crippen molar-refractivity contribution in [2.45, 2.75) is 19.4 Å². The van der Waals surface area contributed by atoms with Crippen LogP contribution in [-0.2, 0) is 0 Å². The first-order chi connectivity index (χ1) is 10.3. The first kappa shape index (κ1) is 15.2. The lowest BCUT2D eigenvalue weighted by atomic mass is 10.0. The van der Waals surface area contributed by atoms with Gasteiger partial charge >= 0.3 is 0 Å². The van der Waals surface area contributed by atoms with Gasteiger partial charge in [-0.1, -0.05) is 19.1 Å². The predicted molar refractivity (Wildman–Crippen MR) is 80.0 cm³/mol. The zero-order valence-corrected chi connectivity index (χ0v) is 12.2. The third-order valence-corrected chi connectivity index (χ3v) is 3.02. The molecule has 6 heteroatoms. The van der Waals surface area contributed by atoms with Gasteiger partial charge in [0.05, 0.1) is 25.5 Å². The minimum atomic E-state index is -0.233. The van der Waals surface area contributed by atoms with Crippen molar-refractivity contribution < 1.29 is 9.47 Å². The lowest BCUT2D eigenvalue weighted by Gasteiger charge is -2.16. The monoisotopic (exact) mass is 288 g/mol. The summed E-state index contributed by atoms with van der Waals surface area (Å²) in [5, 5.41) is 8.08. The highest BCUT2D eigenvalue weighted by Crippen LogP contribution is 2.22. The average molecular weight is 288 g/mol. The summed E-state index contributed by atoms with van der Waals surface area (Å²) in [4.78, 5) is 0. The molecule has 2 aromatic rings. The fourth-order valence-electron chi connectivity index (χ4n) is 1.92. The van der Waals surface area contributed by atoms with Crippen LogP contribution in [0.4, 0.5) is 0 Å². The Bertz CT molecular complexity index is 543. The van der Waals surface area contributed by atoms with E-state index < -0.39 is 0 Å². The van der Waals surface area contributed by atoms with Gasteiger partial charge in [-0.3, -0.25) is 5.84 Å². The molecule has 3 N–H and O–H groups in total. The van der Waals surface area contributed by atoms with Gasteiger partial charge in [0.2, 0.25) is 5.88 Å². The molecule has 0 fully saturated rings. The Kier molecular flexibility index (Phi) is 5.48. The number of methoxy groups -OCH3 is 1. The highest BCUT2D eigenvalue weighted by Gasteiger charge is 2.14. The Morgan fingerprint density at radius 1 is 1.14 bits per heavy atom. The molecule has 0 aliphatic rings. The van der Waals surface area contributed by atoms with Crippen LogP contribution in [0.15, 0.2) is 36.4 Å². The molecule has 6 nitrogen and oxygen atoms in total. The van der Waals surface area contributed by atoms with Crippen LogP contribution < -0.4 is 20.7 Å². The SMILES string of the molecule is CCCOc1ccc(C(NN)c2ccc(OC)nn2)cc1. The molecular weight excluding hydrogens is 268 g/mol. The maximum Gasteiger partial charge on any atom is 0.233 e. The fraction of sp³-hybridized carbons (Fsp3) is 0.333. The van der Waals surface area contributed by atoms with E-state index in [0.717, 1.165) is 23.4 Å². The van der Waals surface area contributed by atoms with Crippen LogP contribution in [0.5, 0.6) is 11.6 Å². The smallest absolute Gasteiger partial charge is 0.233 e. The molecular formula is C15H20N4O2. The van der Waals surface area contributed by atoms with E-state index in [-0.39, 0.29) is 6.04 Å². The Labute approximate surface area is 124 Å². The Balaban J connectivity index is 2.15. The van der Waals surface area contributed by atoms with Crippen molar-refractivity contribution in [3.8, 4) is 11.6 Å². The van der Waals surface area contributed by atoms with E-state index in [9.17, 15) is 0 Å². The van der Waals surface area contributed by atoms with Crippen LogP contribution in [0.3, 0.4) is 0 Å². The molecule has 0 saturated heterocycles. The molecule has 0 spiro atoms. The van der Waals surface area contributed by atoms with Gasteiger partial charge in [0.25, 0.3) is 0 Å². The van der Waals surface area contributed by atoms with Crippen LogP contribution in [0, 0.1) is 0 Å². The first-order valence-corrected chi connectivity index (χ1v) is 6.85. The molecule has 21 heavy (non-hydrogen) atoms. The summed E-state index contributed by atoms with van der Waals surface area (Å²) in [5.74, 6) is 6.96. The number of rotatable bonds is 7. The molecule has 1 unspecified atom stereocenters. The molecule has 0 aliphatic carbocycles. The van der Waals surface area contributed by atoms with Gasteiger partial charge in [-0.25, -0.2) is 5.43 Å². The summed E-state index contributed by atoms with van der Waals surface area (Å²) in [6.45, 7) is 2.78. The van der Waals surface area contributed by atoms with Crippen molar-refractivity contribution in [2.24, 2.45) is 5.84 Å². The third kappa shape index (κ3) is 3.90. The van der Waals surface area contributed by atoms with Gasteiger partial charge in [-0.2, -0.15) is 0 Å². The minimum Gasteiger partial charge on any atom is -0.494 e. The maximum absolute atomic E-state index is 5.65. The van der Waals surface area contributed by atoms with Crippen molar-refractivity contribution in [1.82, 2.24) is 15.6 Å². The Morgan fingerprint density at radius 2 is 1.90 bits per heavy atom. The van der Waals surface area contributed by atoms with Crippen LogP contribution >= 0.6 is 0 Å². The summed E-state index contributed by atoms with van der Waals surface area (Å²) in [6.07, 6.45) is 0.982. The maximum atomic E-state index is 5.65. The molecule has 0 bridgehead atoms. The van der Waals surface area contributed by atoms with E-state index in [4.69, 9.17) is 15.3 Å². The average Bonchev–Trinajstić information content (AvgIpc) is 2.55. The third-order valence-electron chi connectivity index (χ3n) is 3.02. The van der Waals surface area contributed by atoms with E-state index in [1.54, 1.807) is 13.2 Å². The summed E-state index contributed by atoms with van der Waals surface area (Å²) in [7, 11) is 1.55. The van der Waals surface area contributed by atoms with Crippen molar-refractivity contribution >= 4 is 0 Å². The summed E-state index contributed by atoms with van der Waals surface area (Å²) < 4.78 is 10.6. The van der Waals surface area contributed by atoms with Gasteiger partial charge < -0.3 is 9.47 Å². The van der Waals surface area contributed by atoms with Crippen LogP contribution in [-0.4, -0.2) is 23.9 Å². The summed E-state index contributed by atoms with van der Waals surface area (Å²) >= 11 is 0. The Hall–Kier alpha value is -2.18. The number of hydrogen-bond acceptors (Lipinski definition) is 6. The number of aromatic nitrogens is 2. The molecule has 2 rings (SSSR count). The number of nitrogens with one attached hydrogen (secondary N) is 1. The van der Waals surface area contributed by atoms with E-state index in [2.05, 4.69) is 22.5 Å². The van der Waals surface area contributed by atoms with Crippen molar-refractivity contribution in [3.05, 3.63) is 47.7 Å². The standard InChI is InChI=1S/C15H20N4O2/c1-3-10-21-12-6-4-11(5-7-12)15(17-16)13-8-9-14(20-2)19-18-13/h4-9,15,17H,3,10,16H2,1-2H3. The first-order valence-electron chi connectivity index (χ1n) is 6.85. The number of nitrogens with zero attached hydrogens (tertiary/aromatic N) is 2. The van der Waals surface area contributed by atoms with Gasteiger partial charge in [-0.15, -0.1) is 10.2 Å². The van der Waals surface area contributed by atoms with Crippen molar-refractivity contribution in [1.29, 1.82) is 0 Å². The Morgan fingerprint density at radius 3 is 2.43 bits per heavy atom. The van der Waals surface area contributed by atoms with Crippen molar-refractivity contribution in [2.75, 3.05) is 13.7 Å². The zero-order valence-electron chi connectivity index (χ0n) is 12.2. The highest BCUT2D eigenvalue weighted by molar-refractivity contribution is 5.33. The molecule has 1 aromatic heterocycles. The van der Waals surface area contributed by atoms with E-state index in [0.29, 0.717) is 12.5 Å². The number of nitrogens with two attached hydrogens (primary N) is 1. The topological polar surface area (TPSA) is 82.3 Å². The van der Waals surface area contributed by atoms with E-state index >= 15 is 0 Å². The zero-order chi connectivity index (χ0) is 15.1. The van der Waals surface area contributed by atoms with E-state index in [1.807, 2.05) is 30.3 Å². The summed E-state index contributed by atoms with van der Waals surface area (Å²) in [5.41, 5.74) is 4.46. The molecule has 1 aromatic carbocycles. The van der Waals surface area contributed by atoms with Crippen LogP contribution in [0.1, 0.15) is 30.6 Å². The van der Waals surface area contributed by atoms with Crippen LogP contribution in [0.2, 0.25) is 0 Å². The second kappa shape index (κ2) is 7.56. The number of hydrogen-bond donors (Lipinski definition) is 2.